The Morgan fingerprint density at radius 1 is 1.21 bits per heavy atom. The van der Waals surface area contributed by atoms with Gasteiger partial charge in [0, 0.05) is 25.7 Å². The Hall–Kier alpha value is -3.07. The summed E-state index contributed by atoms with van der Waals surface area (Å²) in [5, 5.41) is 2.99. The van der Waals surface area contributed by atoms with Gasteiger partial charge in [0.1, 0.15) is 22.1 Å². The van der Waals surface area contributed by atoms with Crippen molar-refractivity contribution in [1.82, 2.24) is 14.9 Å². The van der Waals surface area contributed by atoms with Crippen molar-refractivity contribution in [1.29, 1.82) is 0 Å². The molecule has 3 aromatic rings. The van der Waals surface area contributed by atoms with Crippen LogP contribution < -0.4 is 20.1 Å². The number of aromatic nitrogens is 2. The Morgan fingerprint density at radius 3 is 2.69 bits per heavy atom. The minimum Gasteiger partial charge on any atom is -0.497 e. The zero-order valence-corrected chi connectivity index (χ0v) is 17.2. The van der Waals surface area contributed by atoms with Crippen LogP contribution in [0.2, 0.25) is 0 Å². The van der Waals surface area contributed by atoms with E-state index < -0.39 is 0 Å². The molecule has 2 aromatic heterocycles. The summed E-state index contributed by atoms with van der Waals surface area (Å²) in [4.78, 5) is 26.3. The largest absolute Gasteiger partial charge is 0.497 e. The fourth-order valence-corrected chi connectivity index (χ4v) is 4.25. The summed E-state index contributed by atoms with van der Waals surface area (Å²) in [6, 6.07) is 9.31. The molecule has 29 heavy (non-hydrogen) atoms. The Bertz CT molecular complexity index is 1010. The third kappa shape index (κ3) is 4.04. The predicted octanol–water partition coefficient (Wildman–Crippen LogP) is 2.40. The third-order valence-corrected chi connectivity index (χ3v) is 5.80. The molecule has 0 spiro atoms. The third-order valence-electron chi connectivity index (χ3n) is 5.00. The SMILES string of the molecule is COc1ccc(OCC(=O)N2CCN(c3nc(N)nc4sccc34)C(C)C2)cc1. The second kappa shape index (κ2) is 8.12. The molecule has 0 radical (unpaired) electrons. The van der Waals surface area contributed by atoms with Crippen molar-refractivity contribution >= 4 is 39.2 Å². The summed E-state index contributed by atoms with van der Waals surface area (Å²) >= 11 is 1.55. The van der Waals surface area contributed by atoms with Crippen molar-refractivity contribution in [3.8, 4) is 11.5 Å². The quantitative estimate of drug-likeness (QED) is 0.686. The Balaban J connectivity index is 1.39. The molecule has 1 amide bonds. The van der Waals surface area contributed by atoms with Gasteiger partial charge in [-0.3, -0.25) is 4.79 Å². The van der Waals surface area contributed by atoms with Crippen LogP contribution in [0.15, 0.2) is 35.7 Å². The van der Waals surface area contributed by atoms with Gasteiger partial charge in [-0.05, 0) is 42.6 Å². The smallest absolute Gasteiger partial charge is 0.260 e. The molecule has 1 saturated heterocycles. The van der Waals surface area contributed by atoms with Crippen LogP contribution in [-0.2, 0) is 4.79 Å². The summed E-state index contributed by atoms with van der Waals surface area (Å²) < 4.78 is 10.8. The first-order valence-corrected chi connectivity index (χ1v) is 10.2. The number of benzene rings is 1. The van der Waals surface area contributed by atoms with Gasteiger partial charge in [-0.25, -0.2) is 4.98 Å². The highest BCUT2D eigenvalue weighted by molar-refractivity contribution is 7.16. The van der Waals surface area contributed by atoms with Gasteiger partial charge >= 0.3 is 0 Å². The van der Waals surface area contributed by atoms with E-state index >= 15 is 0 Å². The number of nitrogens with two attached hydrogens (primary N) is 1. The number of hydrogen-bond donors (Lipinski definition) is 1. The second-order valence-electron chi connectivity index (χ2n) is 6.89. The molecular formula is C20H23N5O3S. The number of hydrogen-bond acceptors (Lipinski definition) is 8. The number of carbonyl (C=O) groups is 1. The van der Waals surface area contributed by atoms with Crippen molar-refractivity contribution < 1.29 is 14.3 Å². The maximum absolute atomic E-state index is 12.6. The van der Waals surface area contributed by atoms with Crippen LogP contribution in [0.3, 0.4) is 0 Å². The summed E-state index contributed by atoms with van der Waals surface area (Å²) in [5.74, 6) is 2.47. The van der Waals surface area contributed by atoms with Crippen LogP contribution in [0.1, 0.15) is 6.92 Å². The number of piperazine rings is 1. The fourth-order valence-electron chi connectivity index (χ4n) is 3.48. The Morgan fingerprint density at radius 2 is 1.97 bits per heavy atom. The minimum absolute atomic E-state index is 0.00821. The molecule has 1 atom stereocenters. The first kappa shape index (κ1) is 19.3. The summed E-state index contributed by atoms with van der Waals surface area (Å²) in [7, 11) is 1.61. The first-order chi connectivity index (χ1) is 14.0. The molecule has 4 rings (SSSR count). The second-order valence-corrected chi connectivity index (χ2v) is 7.79. The lowest BCUT2D eigenvalue weighted by Gasteiger charge is -2.40. The molecule has 3 heterocycles. The minimum atomic E-state index is -0.0322. The Labute approximate surface area is 172 Å². The molecule has 152 valence electrons. The monoisotopic (exact) mass is 413 g/mol. The van der Waals surface area contributed by atoms with Crippen molar-refractivity contribution in [2.75, 3.05) is 44.0 Å². The van der Waals surface area contributed by atoms with Gasteiger partial charge in [0.2, 0.25) is 5.95 Å². The molecule has 0 saturated carbocycles. The number of thiophene rings is 1. The molecular weight excluding hydrogens is 390 g/mol. The van der Waals surface area contributed by atoms with Crippen LogP contribution in [-0.4, -0.2) is 60.2 Å². The number of methoxy groups -OCH3 is 1. The molecule has 0 aliphatic carbocycles. The van der Waals surface area contributed by atoms with Crippen LogP contribution in [0.4, 0.5) is 11.8 Å². The molecule has 1 unspecified atom stereocenters. The number of rotatable bonds is 5. The van der Waals surface area contributed by atoms with Gasteiger partial charge in [0.25, 0.3) is 5.91 Å². The van der Waals surface area contributed by atoms with Gasteiger partial charge in [-0.1, -0.05) is 0 Å². The van der Waals surface area contributed by atoms with E-state index in [1.165, 1.54) is 0 Å². The zero-order chi connectivity index (χ0) is 20.4. The van der Waals surface area contributed by atoms with E-state index in [1.807, 2.05) is 16.3 Å². The molecule has 0 bridgehead atoms. The van der Waals surface area contributed by atoms with Crippen LogP contribution in [0.25, 0.3) is 10.2 Å². The van der Waals surface area contributed by atoms with E-state index in [-0.39, 0.29) is 24.5 Å². The lowest BCUT2D eigenvalue weighted by Crippen LogP contribution is -2.55. The van der Waals surface area contributed by atoms with Crippen molar-refractivity contribution in [2.45, 2.75) is 13.0 Å². The highest BCUT2D eigenvalue weighted by Crippen LogP contribution is 2.30. The normalized spacial score (nSPS) is 16.8. The van der Waals surface area contributed by atoms with Crippen LogP contribution >= 0.6 is 11.3 Å². The highest BCUT2D eigenvalue weighted by atomic mass is 32.1. The molecule has 1 fully saturated rings. The standard InChI is InChI=1S/C20H23N5O3S/c1-13-11-24(17(26)12-28-15-5-3-14(27-2)4-6-15)8-9-25(13)18-16-7-10-29-19(16)23-20(21)22-18/h3-7,10,13H,8-9,11-12H2,1-2H3,(H2,21,22,23). The number of fused-ring (bicyclic) bond motifs is 1. The van der Waals surface area contributed by atoms with E-state index in [4.69, 9.17) is 15.2 Å². The first-order valence-electron chi connectivity index (χ1n) is 9.37. The lowest BCUT2D eigenvalue weighted by molar-refractivity contribution is -0.134. The number of nitrogens with zero attached hydrogens (tertiary/aromatic N) is 4. The van der Waals surface area contributed by atoms with Gasteiger partial charge in [0.05, 0.1) is 12.5 Å². The number of ether oxygens (including phenoxy) is 2. The zero-order valence-electron chi connectivity index (χ0n) is 16.4. The topological polar surface area (TPSA) is 93.8 Å². The highest BCUT2D eigenvalue weighted by Gasteiger charge is 2.29. The van der Waals surface area contributed by atoms with E-state index in [9.17, 15) is 4.79 Å². The van der Waals surface area contributed by atoms with E-state index in [2.05, 4.69) is 21.8 Å². The molecule has 1 aromatic carbocycles. The van der Waals surface area contributed by atoms with E-state index in [0.29, 0.717) is 25.4 Å². The fraction of sp³-hybridized carbons (Fsp3) is 0.350. The van der Waals surface area contributed by atoms with Gasteiger partial charge < -0.3 is 25.0 Å². The van der Waals surface area contributed by atoms with Crippen LogP contribution in [0.5, 0.6) is 11.5 Å². The van der Waals surface area contributed by atoms with Gasteiger partial charge in [-0.15, -0.1) is 11.3 Å². The average molecular weight is 414 g/mol. The molecule has 8 nitrogen and oxygen atoms in total. The maximum Gasteiger partial charge on any atom is 0.260 e. The molecule has 9 heteroatoms. The molecule has 1 aliphatic heterocycles. The van der Waals surface area contributed by atoms with Crippen LogP contribution in [0, 0.1) is 0 Å². The van der Waals surface area contributed by atoms with Crippen molar-refractivity contribution in [2.24, 2.45) is 0 Å². The number of carbonyl (C=O) groups excluding carboxylic acids is 1. The van der Waals surface area contributed by atoms with Crippen molar-refractivity contribution in [3.63, 3.8) is 0 Å². The molecule has 1 aliphatic rings. The van der Waals surface area contributed by atoms with E-state index in [0.717, 1.165) is 21.8 Å². The summed E-state index contributed by atoms with van der Waals surface area (Å²) in [6.07, 6.45) is 0. The average Bonchev–Trinajstić information content (AvgIpc) is 3.20. The van der Waals surface area contributed by atoms with E-state index in [1.54, 1.807) is 42.7 Å². The number of nitrogen functional groups attached to an aromatic ring is 1. The van der Waals surface area contributed by atoms with Gasteiger partial charge in [0.15, 0.2) is 6.61 Å². The summed E-state index contributed by atoms with van der Waals surface area (Å²) in [5.41, 5.74) is 5.89. The van der Waals surface area contributed by atoms with Gasteiger partial charge in [-0.2, -0.15) is 4.98 Å². The number of anilines is 2. The Kier molecular flexibility index (Phi) is 5.39. The predicted molar refractivity (Wildman–Crippen MR) is 114 cm³/mol. The summed E-state index contributed by atoms with van der Waals surface area (Å²) in [6.45, 7) is 3.97. The van der Waals surface area contributed by atoms with Crippen molar-refractivity contribution in [3.05, 3.63) is 35.7 Å². The maximum atomic E-state index is 12.6. The number of amides is 1. The molecule has 2 N–H and O–H groups in total. The lowest BCUT2D eigenvalue weighted by atomic mass is 10.1.